The predicted octanol–water partition coefficient (Wildman–Crippen LogP) is 5.60. The number of H-pyrrole nitrogens is 1. The molecule has 182 valence electrons. The van der Waals surface area contributed by atoms with Gasteiger partial charge in [0.2, 0.25) is 0 Å². The zero-order valence-corrected chi connectivity index (χ0v) is 20.0. The maximum atomic E-state index is 14.2. The second-order valence-electron chi connectivity index (χ2n) is 10.2. The minimum Gasteiger partial charge on any atom is -0.361 e. The highest BCUT2D eigenvalue weighted by Gasteiger charge is 2.53. The molecule has 3 aromatic rings. The van der Waals surface area contributed by atoms with Gasteiger partial charge in [-0.1, -0.05) is 43.5 Å². The summed E-state index contributed by atoms with van der Waals surface area (Å²) in [6.07, 6.45) is 9.28. The number of amidine groups is 1. The highest BCUT2D eigenvalue weighted by Crippen LogP contribution is 2.39. The van der Waals surface area contributed by atoms with Crippen LogP contribution in [0.5, 0.6) is 0 Å². The third kappa shape index (κ3) is 4.12. The fourth-order valence-electron chi connectivity index (χ4n) is 6.16. The van der Waals surface area contributed by atoms with Gasteiger partial charge in [-0.3, -0.25) is 20.1 Å². The van der Waals surface area contributed by atoms with E-state index in [2.05, 4.69) is 39.5 Å². The number of amides is 2. The lowest BCUT2D eigenvalue weighted by atomic mass is 9.84. The smallest absolute Gasteiger partial charge is 0.328 e. The molecule has 0 radical (unpaired) electrons. The number of halogens is 1. The van der Waals surface area contributed by atoms with Gasteiger partial charge >= 0.3 is 6.03 Å². The van der Waals surface area contributed by atoms with E-state index in [-0.39, 0.29) is 17.9 Å². The molecule has 1 aromatic heterocycles. The van der Waals surface area contributed by atoms with Crippen molar-refractivity contribution >= 4 is 28.5 Å². The van der Waals surface area contributed by atoms with Crippen LogP contribution < -0.4 is 10.2 Å². The van der Waals surface area contributed by atoms with E-state index in [1.165, 1.54) is 47.9 Å². The Kier molecular flexibility index (Phi) is 5.80. The van der Waals surface area contributed by atoms with Crippen molar-refractivity contribution < 1.29 is 9.18 Å². The van der Waals surface area contributed by atoms with Gasteiger partial charge in [0.05, 0.1) is 6.04 Å². The molecular weight excluding hydrogens is 441 g/mol. The van der Waals surface area contributed by atoms with Gasteiger partial charge < -0.3 is 4.98 Å². The van der Waals surface area contributed by atoms with Crippen LogP contribution in [0.2, 0.25) is 0 Å². The quantitative estimate of drug-likeness (QED) is 0.518. The van der Waals surface area contributed by atoms with Crippen LogP contribution in [0.4, 0.5) is 14.9 Å². The fraction of sp³-hybridized carbons (Fsp3) is 0.429. The van der Waals surface area contributed by atoms with Gasteiger partial charge in [-0.25, -0.2) is 9.18 Å². The lowest BCUT2D eigenvalue weighted by Crippen LogP contribution is -2.57. The van der Waals surface area contributed by atoms with E-state index in [1.54, 1.807) is 11.0 Å². The van der Waals surface area contributed by atoms with Gasteiger partial charge in [0.1, 0.15) is 17.2 Å². The van der Waals surface area contributed by atoms with Crippen LogP contribution in [0.1, 0.15) is 50.5 Å². The van der Waals surface area contributed by atoms with Gasteiger partial charge in [0.15, 0.2) is 0 Å². The van der Waals surface area contributed by atoms with E-state index in [9.17, 15) is 9.18 Å². The number of carbonyl (C=O) groups excluding carboxylic acids is 1. The number of anilines is 1. The Morgan fingerprint density at radius 1 is 1.03 bits per heavy atom. The molecule has 1 saturated carbocycles. The molecule has 35 heavy (non-hydrogen) atoms. The van der Waals surface area contributed by atoms with E-state index >= 15 is 0 Å². The number of aromatic amines is 1. The first-order valence-electron chi connectivity index (χ1n) is 12.8. The summed E-state index contributed by atoms with van der Waals surface area (Å²) in [6, 6.07) is 15.0. The standard InChI is InChI=1S/C28H32FN5O/c29-22-8-5-11-24(18-22)34-27(35)32-26(31-23-9-2-1-3-10-23)28(34)13-16-33(17-14-28)19-21-7-4-6-20-12-15-30-25(20)21/h4-8,11-12,15,18,23,30H,1-3,9-10,13-14,16-17,19H2,(H,31,32,35). The van der Waals surface area contributed by atoms with E-state index in [0.717, 1.165) is 51.2 Å². The second kappa shape index (κ2) is 9.11. The monoisotopic (exact) mass is 473 g/mol. The largest absolute Gasteiger partial charge is 0.361 e. The summed E-state index contributed by atoms with van der Waals surface area (Å²) in [5.41, 5.74) is 2.51. The summed E-state index contributed by atoms with van der Waals surface area (Å²) < 4.78 is 14.2. The van der Waals surface area contributed by atoms with E-state index in [0.29, 0.717) is 5.69 Å². The summed E-state index contributed by atoms with van der Waals surface area (Å²) in [6.45, 7) is 2.52. The van der Waals surface area contributed by atoms with Crippen LogP contribution in [0.3, 0.4) is 0 Å². The zero-order chi connectivity index (χ0) is 23.8. The lowest BCUT2D eigenvalue weighted by molar-refractivity contribution is 0.184. The fourth-order valence-corrected chi connectivity index (χ4v) is 6.16. The van der Waals surface area contributed by atoms with Crippen molar-refractivity contribution in [1.29, 1.82) is 0 Å². The van der Waals surface area contributed by atoms with Crippen molar-refractivity contribution in [3.05, 3.63) is 66.1 Å². The number of urea groups is 1. The Morgan fingerprint density at radius 2 is 1.83 bits per heavy atom. The van der Waals surface area contributed by atoms with Crippen LogP contribution in [0, 0.1) is 5.82 Å². The number of piperidine rings is 1. The van der Waals surface area contributed by atoms with Crippen molar-refractivity contribution in [3.8, 4) is 0 Å². The zero-order valence-electron chi connectivity index (χ0n) is 20.0. The summed E-state index contributed by atoms with van der Waals surface area (Å²) in [5, 5.41) is 4.33. The molecule has 3 fully saturated rings. The third-order valence-electron chi connectivity index (χ3n) is 8.00. The molecule has 3 aliphatic rings. The molecule has 1 aliphatic carbocycles. The first-order chi connectivity index (χ1) is 17.1. The number of aromatic nitrogens is 1. The molecular formula is C28H32FN5O. The maximum absolute atomic E-state index is 14.2. The van der Waals surface area contributed by atoms with Gasteiger partial charge in [-0.15, -0.1) is 0 Å². The number of nitrogens with one attached hydrogen (secondary N) is 2. The topological polar surface area (TPSA) is 63.7 Å². The van der Waals surface area contributed by atoms with E-state index < -0.39 is 5.54 Å². The molecule has 2 N–H and O–H groups in total. The predicted molar refractivity (Wildman–Crippen MR) is 137 cm³/mol. The number of hydrogen-bond acceptors (Lipinski definition) is 3. The van der Waals surface area contributed by atoms with Crippen LogP contribution in [0.25, 0.3) is 10.9 Å². The average molecular weight is 474 g/mol. The van der Waals surface area contributed by atoms with Crippen LogP contribution in [-0.4, -0.2) is 46.4 Å². The molecule has 6 nitrogen and oxygen atoms in total. The molecule has 1 spiro atoms. The Morgan fingerprint density at radius 3 is 2.63 bits per heavy atom. The molecule has 3 heterocycles. The molecule has 2 aromatic carbocycles. The number of aliphatic imine (C=N–C) groups is 1. The van der Waals surface area contributed by atoms with Crippen molar-refractivity contribution in [3.63, 3.8) is 0 Å². The third-order valence-corrected chi connectivity index (χ3v) is 8.00. The number of para-hydroxylation sites is 1. The summed E-state index contributed by atoms with van der Waals surface area (Å²) in [5.74, 6) is 0.448. The Balaban J connectivity index is 1.29. The molecule has 6 rings (SSSR count). The van der Waals surface area contributed by atoms with Gasteiger partial charge in [-0.2, -0.15) is 0 Å². The molecule has 7 heteroatoms. The van der Waals surface area contributed by atoms with Gasteiger partial charge in [-0.05, 0) is 60.9 Å². The highest BCUT2D eigenvalue weighted by molar-refractivity contribution is 6.19. The first kappa shape index (κ1) is 22.3. The van der Waals surface area contributed by atoms with Gasteiger partial charge in [0, 0.05) is 37.0 Å². The van der Waals surface area contributed by atoms with Crippen molar-refractivity contribution in [1.82, 2.24) is 15.2 Å². The number of carbonyl (C=O) groups is 1. The maximum Gasteiger partial charge on any atom is 0.328 e. The molecule has 0 bridgehead atoms. The minimum absolute atomic E-state index is 0.199. The van der Waals surface area contributed by atoms with Crippen LogP contribution >= 0.6 is 0 Å². The molecule has 2 saturated heterocycles. The number of likely N-dealkylation sites (tertiary alicyclic amines) is 1. The van der Waals surface area contributed by atoms with E-state index in [1.807, 2.05) is 12.3 Å². The van der Waals surface area contributed by atoms with E-state index in [4.69, 9.17) is 4.99 Å². The number of benzene rings is 2. The molecule has 2 amide bonds. The van der Waals surface area contributed by atoms with Crippen molar-refractivity contribution in [2.75, 3.05) is 18.0 Å². The second-order valence-corrected chi connectivity index (χ2v) is 10.2. The first-order valence-corrected chi connectivity index (χ1v) is 12.8. The minimum atomic E-state index is -0.558. The summed E-state index contributed by atoms with van der Waals surface area (Å²) in [7, 11) is 0. The molecule has 0 atom stereocenters. The number of hydrogen-bond donors (Lipinski definition) is 2. The van der Waals surface area contributed by atoms with Crippen LogP contribution in [-0.2, 0) is 6.54 Å². The molecule has 2 aliphatic heterocycles. The summed E-state index contributed by atoms with van der Waals surface area (Å²) in [4.78, 5) is 26.0. The highest BCUT2D eigenvalue weighted by atomic mass is 19.1. The van der Waals surface area contributed by atoms with Crippen LogP contribution in [0.15, 0.2) is 59.7 Å². The SMILES string of the molecule is O=C1NC(=NC2CCCCC2)C2(CCN(Cc3cccc4cc[nH]c34)CC2)N1c1cccc(F)c1. The van der Waals surface area contributed by atoms with Gasteiger partial charge in [0.25, 0.3) is 0 Å². The molecule has 0 unspecified atom stereocenters. The van der Waals surface area contributed by atoms with Crippen molar-refractivity contribution in [2.24, 2.45) is 4.99 Å². The Labute approximate surface area is 205 Å². The number of fused-ring (bicyclic) bond motifs is 1. The lowest BCUT2D eigenvalue weighted by Gasteiger charge is -2.44. The Hall–Kier alpha value is -3.19. The average Bonchev–Trinajstić information content (AvgIpc) is 3.45. The number of rotatable bonds is 4. The normalized spacial score (nSPS) is 22.4. The number of nitrogens with zero attached hydrogens (tertiary/aromatic N) is 3. The summed E-state index contributed by atoms with van der Waals surface area (Å²) >= 11 is 0. The Bertz CT molecular complexity index is 1250. The van der Waals surface area contributed by atoms with Crippen molar-refractivity contribution in [2.45, 2.75) is 63.1 Å².